The van der Waals surface area contributed by atoms with E-state index in [1.165, 1.54) is 47.7 Å². The lowest BCUT2D eigenvalue weighted by atomic mass is 10.2. The van der Waals surface area contributed by atoms with E-state index in [1.54, 1.807) is 0 Å². The van der Waals surface area contributed by atoms with E-state index in [9.17, 15) is 0 Å². The van der Waals surface area contributed by atoms with Gasteiger partial charge in [-0.15, -0.1) is 0 Å². The van der Waals surface area contributed by atoms with Crippen molar-refractivity contribution in [3.05, 3.63) is 47.5 Å². The minimum atomic E-state index is 0.813. The first-order valence-corrected chi connectivity index (χ1v) is 8.09. The van der Waals surface area contributed by atoms with Crippen LogP contribution in [0, 0.1) is 0 Å². The average Bonchev–Trinajstić information content (AvgIpc) is 3.11. The quantitative estimate of drug-likeness (QED) is 0.689. The van der Waals surface area contributed by atoms with Crippen molar-refractivity contribution in [2.45, 2.75) is 19.4 Å². The molecule has 1 fully saturated rings. The van der Waals surface area contributed by atoms with Gasteiger partial charge in [0.2, 0.25) is 0 Å². The summed E-state index contributed by atoms with van der Waals surface area (Å²) in [5, 5.41) is 3.44. The number of nitrogens with zero attached hydrogens (tertiary/aromatic N) is 2. The molecule has 2 nitrogen and oxygen atoms in total. The fraction of sp³-hybridized carbons (Fsp3) is 0.333. The third-order valence-corrected chi connectivity index (χ3v) is 4.81. The average molecular weight is 299 g/mol. The van der Waals surface area contributed by atoms with Gasteiger partial charge in [0, 0.05) is 34.4 Å². The number of rotatable bonds is 3. The van der Waals surface area contributed by atoms with Crippen molar-refractivity contribution in [3.8, 4) is 0 Å². The molecule has 1 aliphatic rings. The van der Waals surface area contributed by atoms with Gasteiger partial charge in [-0.3, -0.25) is 0 Å². The van der Waals surface area contributed by atoms with Crippen LogP contribution in [0.2, 0.25) is 5.02 Å². The van der Waals surface area contributed by atoms with Gasteiger partial charge in [-0.25, -0.2) is 0 Å². The smallest absolute Gasteiger partial charge is 0.0506 e. The molecular weight excluding hydrogens is 280 g/mol. The maximum atomic E-state index is 6.22. The molecule has 0 atom stereocenters. The van der Waals surface area contributed by atoms with Gasteiger partial charge in [0.15, 0.2) is 0 Å². The topological polar surface area (TPSA) is 8.17 Å². The number of aromatic nitrogens is 1. The zero-order valence-electron chi connectivity index (χ0n) is 12.1. The Morgan fingerprint density at radius 1 is 0.857 bits per heavy atom. The Hall–Kier alpha value is -1.51. The minimum absolute atomic E-state index is 0.813. The predicted octanol–water partition coefficient (Wildman–Crippen LogP) is 4.54. The number of para-hydroxylation sites is 1. The summed E-state index contributed by atoms with van der Waals surface area (Å²) in [6, 6.07) is 14.9. The second kappa shape index (κ2) is 5.36. The van der Waals surface area contributed by atoms with E-state index >= 15 is 0 Å². The summed E-state index contributed by atoms with van der Waals surface area (Å²) in [7, 11) is 0. The molecule has 0 N–H and O–H groups in total. The van der Waals surface area contributed by atoms with Gasteiger partial charge in [0.25, 0.3) is 0 Å². The minimum Gasteiger partial charge on any atom is -0.339 e. The zero-order valence-corrected chi connectivity index (χ0v) is 12.8. The zero-order chi connectivity index (χ0) is 14.2. The van der Waals surface area contributed by atoms with E-state index < -0.39 is 0 Å². The van der Waals surface area contributed by atoms with Gasteiger partial charge in [-0.2, -0.15) is 0 Å². The first-order chi connectivity index (χ1) is 10.3. The van der Waals surface area contributed by atoms with Crippen LogP contribution in [0.15, 0.2) is 42.5 Å². The van der Waals surface area contributed by atoms with Crippen molar-refractivity contribution in [1.82, 2.24) is 9.47 Å². The lowest BCUT2D eigenvalue weighted by Gasteiger charge is -2.16. The molecule has 2 heterocycles. The SMILES string of the molecule is Clc1ccc2c3ccccc3n(CCN3CCCC3)c2c1. The number of fused-ring (bicyclic) bond motifs is 3. The summed E-state index contributed by atoms with van der Waals surface area (Å²) in [5.74, 6) is 0. The normalized spacial score (nSPS) is 16.2. The van der Waals surface area contributed by atoms with Crippen LogP contribution in [0.25, 0.3) is 21.8 Å². The second-order valence-electron chi connectivity index (χ2n) is 5.88. The standard InChI is InChI=1S/C18H19ClN2/c19-14-7-8-16-15-5-1-2-6-17(15)21(18(16)13-14)12-11-20-9-3-4-10-20/h1-2,5-8,13H,3-4,9-12H2. The molecule has 0 spiro atoms. The molecule has 1 aromatic heterocycles. The van der Waals surface area contributed by atoms with Crippen LogP contribution >= 0.6 is 11.6 Å². The molecule has 3 heteroatoms. The maximum Gasteiger partial charge on any atom is 0.0506 e. The van der Waals surface area contributed by atoms with Gasteiger partial charge in [0.1, 0.15) is 0 Å². The summed E-state index contributed by atoms with van der Waals surface area (Å²) >= 11 is 6.22. The van der Waals surface area contributed by atoms with Gasteiger partial charge in [-0.1, -0.05) is 35.9 Å². The molecule has 0 saturated carbocycles. The number of halogens is 1. The molecule has 3 aromatic rings. The first-order valence-electron chi connectivity index (χ1n) is 7.72. The molecule has 0 unspecified atom stereocenters. The van der Waals surface area contributed by atoms with Crippen molar-refractivity contribution in [2.75, 3.05) is 19.6 Å². The maximum absolute atomic E-state index is 6.22. The van der Waals surface area contributed by atoms with Crippen LogP contribution in [-0.2, 0) is 6.54 Å². The van der Waals surface area contributed by atoms with E-state index in [0.717, 1.165) is 18.1 Å². The molecule has 4 rings (SSSR count). The Labute approximate surface area is 129 Å². The summed E-state index contributed by atoms with van der Waals surface area (Å²) in [5.41, 5.74) is 2.57. The fourth-order valence-electron chi connectivity index (χ4n) is 3.51. The van der Waals surface area contributed by atoms with E-state index in [1.807, 2.05) is 6.07 Å². The van der Waals surface area contributed by atoms with Crippen LogP contribution in [0.1, 0.15) is 12.8 Å². The molecule has 1 saturated heterocycles. The molecule has 0 amide bonds. The third-order valence-electron chi connectivity index (χ3n) is 4.57. The molecule has 108 valence electrons. The highest BCUT2D eigenvalue weighted by Crippen LogP contribution is 2.30. The predicted molar refractivity (Wildman–Crippen MR) is 90.1 cm³/mol. The molecule has 0 bridgehead atoms. The molecule has 0 radical (unpaired) electrons. The van der Waals surface area contributed by atoms with E-state index in [0.29, 0.717) is 0 Å². The number of hydrogen-bond donors (Lipinski definition) is 0. The molecule has 2 aromatic carbocycles. The highest BCUT2D eigenvalue weighted by Gasteiger charge is 2.14. The Balaban J connectivity index is 1.81. The highest BCUT2D eigenvalue weighted by atomic mass is 35.5. The summed E-state index contributed by atoms with van der Waals surface area (Å²) in [6.45, 7) is 4.65. The Bertz CT molecular complexity index is 784. The fourth-order valence-corrected chi connectivity index (χ4v) is 3.68. The summed E-state index contributed by atoms with van der Waals surface area (Å²) in [4.78, 5) is 2.56. The van der Waals surface area contributed by atoms with Crippen LogP contribution in [0.4, 0.5) is 0 Å². The summed E-state index contributed by atoms with van der Waals surface area (Å²) < 4.78 is 2.43. The molecule has 21 heavy (non-hydrogen) atoms. The highest BCUT2D eigenvalue weighted by molar-refractivity contribution is 6.31. The summed E-state index contributed by atoms with van der Waals surface area (Å²) in [6.07, 6.45) is 2.69. The monoisotopic (exact) mass is 298 g/mol. The van der Waals surface area contributed by atoms with Crippen LogP contribution in [0.5, 0.6) is 0 Å². The van der Waals surface area contributed by atoms with E-state index in [2.05, 4.69) is 45.9 Å². The van der Waals surface area contributed by atoms with Crippen molar-refractivity contribution in [3.63, 3.8) is 0 Å². The first kappa shape index (κ1) is 13.2. The number of hydrogen-bond acceptors (Lipinski definition) is 1. The lowest BCUT2D eigenvalue weighted by Crippen LogP contribution is -2.23. The van der Waals surface area contributed by atoms with Gasteiger partial charge in [-0.05, 0) is 44.1 Å². The molecule has 0 aliphatic carbocycles. The Morgan fingerprint density at radius 2 is 1.62 bits per heavy atom. The van der Waals surface area contributed by atoms with E-state index in [-0.39, 0.29) is 0 Å². The van der Waals surface area contributed by atoms with Gasteiger partial charge in [0.05, 0.1) is 5.52 Å². The van der Waals surface area contributed by atoms with Crippen LogP contribution in [0.3, 0.4) is 0 Å². The van der Waals surface area contributed by atoms with Crippen LogP contribution in [-0.4, -0.2) is 29.1 Å². The lowest BCUT2D eigenvalue weighted by molar-refractivity contribution is 0.326. The van der Waals surface area contributed by atoms with Crippen molar-refractivity contribution in [2.24, 2.45) is 0 Å². The second-order valence-corrected chi connectivity index (χ2v) is 6.32. The molecular formula is C18H19ClN2. The number of likely N-dealkylation sites (tertiary alicyclic amines) is 1. The van der Waals surface area contributed by atoms with Gasteiger partial charge < -0.3 is 9.47 Å². The Kier molecular flexibility index (Phi) is 3.36. The molecule has 1 aliphatic heterocycles. The van der Waals surface area contributed by atoms with Crippen LogP contribution < -0.4 is 0 Å². The van der Waals surface area contributed by atoms with E-state index in [4.69, 9.17) is 11.6 Å². The largest absolute Gasteiger partial charge is 0.339 e. The van der Waals surface area contributed by atoms with Crippen molar-refractivity contribution >= 4 is 33.4 Å². The Morgan fingerprint density at radius 3 is 2.48 bits per heavy atom. The third kappa shape index (κ3) is 2.33. The van der Waals surface area contributed by atoms with Crippen molar-refractivity contribution in [1.29, 1.82) is 0 Å². The van der Waals surface area contributed by atoms with Crippen molar-refractivity contribution < 1.29 is 0 Å². The number of benzene rings is 2. The van der Waals surface area contributed by atoms with Gasteiger partial charge >= 0.3 is 0 Å².